The molecule has 1 aromatic heterocycles. The number of nitrogens with zero attached hydrogens (tertiary/aromatic N) is 4. The highest BCUT2D eigenvalue weighted by Crippen LogP contribution is 2.15. The highest BCUT2D eigenvalue weighted by atomic mass is 16.2. The Morgan fingerprint density at radius 1 is 0.913 bits per heavy atom. The minimum Gasteiger partial charge on any atom is -0.299 e. The van der Waals surface area contributed by atoms with Gasteiger partial charge in [0.25, 0.3) is 5.56 Å². The lowest BCUT2D eigenvalue weighted by Crippen LogP contribution is -2.40. The van der Waals surface area contributed by atoms with E-state index in [1.165, 1.54) is 24.7 Å². The summed E-state index contributed by atoms with van der Waals surface area (Å²) in [5.41, 5.74) is -0.929. The molecular formula is C14H18N4O5. The number of hydrogen-bond donors (Lipinski definition) is 0. The van der Waals surface area contributed by atoms with E-state index < -0.39 is 29.1 Å². The van der Waals surface area contributed by atoms with Crippen LogP contribution in [0.2, 0.25) is 0 Å². The third-order valence-electron chi connectivity index (χ3n) is 3.82. The number of amides is 4. The largest absolute Gasteiger partial charge is 0.334 e. The van der Waals surface area contributed by atoms with Gasteiger partial charge < -0.3 is 0 Å². The highest BCUT2D eigenvalue weighted by molar-refractivity contribution is 6.44. The Morgan fingerprint density at radius 3 is 2.13 bits per heavy atom. The van der Waals surface area contributed by atoms with Crippen LogP contribution in [0.4, 0.5) is 4.79 Å². The fraction of sp³-hybridized carbons (Fsp3) is 0.500. The summed E-state index contributed by atoms with van der Waals surface area (Å²) in [5, 5.41) is 0. The predicted molar refractivity (Wildman–Crippen MR) is 79.5 cm³/mol. The Kier molecular flexibility index (Phi) is 4.48. The first-order valence-electron chi connectivity index (χ1n) is 7.22. The van der Waals surface area contributed by atoms with Gasteiger partial charge in [0.15, 0.2) is 0 Å². The summed E-state index contributed by atoms with van der Waals surface area (Å²) in [6.07, 6.45) is 1.37. The van der Waals surface area contributed by atoms with Gasteiger partial charge in [0.2, 0.25) is 0 Å². The quantitative estimate of drug-likeness (QED) is 0.520. The molecular weight excluding hydrogens is 304 g/mol. The van der Waals surface area contributed by atoms with Crippen molar-refractivity contribution in [3.05, 3.63) is 32.6 Å². The average Bonchev–Trinajstić information content (AvgIpc) is 2.72. The van der Waals surface area contributed by atoms with Gasteiger partial charge in [-0.3, -0.25) is 28.4 Å². The first-order chi connectivity index (χ1) is 10.8. The van der Waals surface area contributed by atoms with Gasteiger partial charge in [-0.2, -0.15) is 0 Å². The topological polar surface area (TPSA) is 102 Å². The molecule has 0 radical (unpaired) electrons. The fourth-order valence-corrected chi connectivity index (χ4v) is 2.30. The van der Waals surface area contributed by atoms with E-state index in [1.54, 1.807) is 0 Å². The Labute approximate surface area is 131 Å². The Hall–Kier alpha value is -2.71. The summed E-state index contributed by atoms with van der Waals surface area (Å²) in [4.78, 5) is 61.3. The van der Waals surface area contributed by atoms with E-state index >= 15 is 0 Å². The normalized spacial score (nSPS) is 15.0. The minimum absolute atomic E-state index is 0.173. The van der Waals surface area contributed by atoms with Crippen LogP contribution in [0.15, 0.2) is 15.7 Å². The van der Waals surface area contributed by atoms with Gasteiger partial charge in [-0.15, -0.1) is 0 Å². The molecule has 0 spiro atoms. The summed E-state index contributed by atoms with van der Waals surface area (Å²) in [6.45, 7) is 1.78. The van der Waals surface area contributed by atoms with Crippen molar-refractivity contribution < 1.29 is 14.4 Å². The van der Waals surface area contributed by atoms with Crippen molar-refractivity contribution in [1.29, 1.82) is 0 Å². The standard InChI is InChI=1S/C14H18N4O5/c1-4-5-6-17-11(20)12(21)18(14(17)23)8-9-7-10(19)16(3)13(22)15(9)2/h7H,4-6,8H2,1-3H3. The van der Waals surface area contributed by atoms with Gasteiger partial charge in [-0.1, -0.05) is 13.3 Å². The zero-order chi connectivity index (χ0) is 17.3. The summed E-state index contributed by atoms with van der Waals surface area (Å²) in [5.74, 6) is -1.82. The zero-order valence-corrected chi connectivity index (χ0v) is 13.2. The van der Waals surface area contributed by atoms with Crippen LogP contribution >= 0.6 is 0 Å². The van der Waals surface area contributed by atoms with Crippen molar-refractivity contribution in [3.8, 4) is 0 Å². The van der Waals surface area contributed by atoms with Crippen LogP contribution in [0.3, 0.4) is 0 Å². The van der Waals surface area contributed by atoms with Crippen molar-refractivity contribution in [1.82, 2.24) is 18.9 Å². The van der Waals surface area contributed by atoms with E-state index in [9.17, 15) is 24.0 Å². The third-order valence-corrected chi connectivity index (χ3v) is 3.82. The average molecular weight is 322 g/mol. The smallest absolute Gasteiger partial charge is 0.299 e. The lowest BCUT2D eigenvalue weighted by Gasteiger charge is -2.17. The molecule has 1 aliphatic rings. The molecule has 0 aromatic carbocycles. The number of imide groups is 2. The Balaban J connectivity index is 2.32. The van der Waals surface area contributed by atoms with E-state index in [4.69, 9.17) is 0 Å². The number of unbranched alkanes of at least 4 members (excludes halogenated alkanes) is 1. The molecule has 23 heavy (non-hydrogen) atoms. The lowest BCUT2D eigenvalue weighted by atomic mass is 10.3. The minimum atomic E-state index is -0.945. The second kappa shape index (κ2) is 6.19. The van der Waals surface area contributed by atoms with Crippen molar-refractivity contribution in [2.24, 2.45) is 14.1 Å². The van der Waals surface area contributed by atoms with Crippen LogP contribution < -0.4 is 11.2 Å². The monoisotopic (exact) mass is 322 g/mol. The maximum atomic E-state index is 12.2. The van der Waals surface area contributed by atoms with Crippen LogP contribution in [-0.2, 0) is 30.2 Å². The van der Waals surface area contributed by atoms with Crippen molar-refractivity contribution in [2.45, 2.75) is 26.3 Å². The molecule has 2 rings (SSSR count). The number of urea groups is 1. The summed E-state index contributed by atoms with van der Waals surface area (Å²) in [6, 6.07) is 0.447. The second-order valence-corrected chi connectivity index (χ2v) is 5.36. The molecule has 0 atom stereocenters. The number of aromatic nitrogens is 2. The molecule has 9 nitrogen and oxygen atoms in total. The van der Waals surface area contributed by atoms with Gasteiger partial charge in [-0.25, -0.2) is 14.5 Å². The van der Waals surface area contributed by atoms with Crippen LogP contribution in [0.25, 0.3) is 0 Å². The van der Waals surface area contributed by atoms with Crippen LogP contribution in [0, 0.1) is 0 Å². The summed E-state index contributed by atoms with van der Waals surface area (Å²) in [7, 11) is 2.76. The van der Waals surface area contributed by atoms with E-state index in [1.807, 2.05) is 6.92 Å². The van der Waals surface area contributed by atoms with Crippen molar-refractivity contribution >= 4 is 17.8 Å². The fourth-order valence-electron chi connectivity index (χ4n) is 2.30. The molecule has 1 aliphatic heterocycles. The van der Waals surface area contributed by atoms with Gasteiger partial charge in [-0.05, 0) is 6.42 Å². The van der Waals surface area contributed by atoms with Gasteiger partial charge in [0.05, 0.1) is 6.54 Å². The molecule has 4 amide bonds. The summed E-state index contributed by atoms with van der Waals surface area (Å²) < 4.78 is 2.08. The van der Waals surface area contributed by atoms with Gasteiger partial charge in [0, 0.05) is 32.4 Å². The molecule has 1 saturated heterocycles. The molecule has 0 aliphatic carbocycles. The van der Waals surface area contributed by atoms with Crippen LogP contribution in [-0.4, -0.2) is 43.3 Å². The number of hydrogen-bond acceptors (Lipinski definition) is 5. The maximum Gasteiger partial charge on any atom is 0.334 e. The van der Waals surface area contributed by atoms with E-state index in [0.717, 1.165) is 20.8 Å². The lowest BCUT2D eigenvalue weighted by molar-refractivity contribution is -0.143. The molecule has 1 aromatic rings. The Bertz CT molecular complexity index is 791. The molecule has 9 heteroatoms. The Morgan fingerprint density at radius 2 is 1.52 bits per heavy atom. The number of carbonyl (C=O) groups is 3. The molecule has 1 fully saturated rings. The third kappa shape index (κ3) is 2.81. The second-order valence-electron chi connectivity index (χ2n) is 5.36. The molecule has 0 saturated carbocycles. The van der Waals surface area contributed by atoms with E-state index in [-0.39, 0.29) is 18.8 Å². The first kappa shape index (κ1) is 16.7. The van der Waals surface area contributed by atoms with E-state index in [0.29, 0.717) is 6.42 Å². The molecule has 2 heterocycles. The zero-order valence-electron chi connectivity index (χ0n) is 13.2. The number of rotatable bonds is 5. The molecule has 0 bridgehead atoms. The molecule has 0 unspecified atom stereocenters. The SMILES string of the molecule is CCCCN1C(=O)C(=O)N(Cc2cc(=O)n(C)c(=O)n2C)C1=O. The first-order valence-corrected chi connectivity index (χ1v) is 7.22. The van der Waals surface area contributed by atoms with E-state index in [2.05, 4.69) is 0 Å². The van der Waals surface area contributed by atoms with Crippen LogP contribution in [0.5, 0.6) is 0 Å². The highest BCUT2D eigenvalue weighted by Gasteiger charge is 2.44. The van der Waals surface area contributed by atoms with Gasteiger partial charge >= 0.3 is 23.5 Å². The van der Waals surface area contributed by atoms with Crippen LogP contribution in [0.1, 0.15) is 25.5 Å². The predicted octanol–water partition coefficient (Wildman–Crippen LogP) is -0.825. The number of carbonyl (C=O) groups excluding carboxylic acids is 3. The molecule has 0 N–H and O–H groups in total. The molecule has 124 valence electrons. The summed E-state index contributed by atoms with van der Waals surface area (Å²) >= 11 is 0. The van der Waals surface area contributed by atoms with Crippen molar-refractivity contribution in [3.63, 3.8) is 0 Å². The van der Waals surface area contributed by atoms with Gasteiger partial charge in [0.1, 0.15) is 0 Å². The van der Waals surface area contributed by atoms with Crippen molar-refractivity contribution in [2.75, 3.05) is 6.54 Å². The maximum absolute atomic E-state index is 12.2.